The van der Waals surface area contributed by atoms with Gasteiger partial charge < -0.3 is 15.2 Å². The van der Waals surface area contributed by atoms with E-state index in [0.29, 0.717) is 16.8 Å². The van der Waals surface area contributed by atoms with E-state index in [1.54, 1.807) is 25.1 Å². The summed E-state index contributed by atoms with van der Waals surface area (Å²) in [4.78, 5) is 21.3. The Morgan fingerprint density at radius 3 is 2.69 bits per heavy atom. The average molecular weight is 239 g/mol. The highest BCUT2D eigenvalue weighted by atomic mass is 35.5. The number of rotatable bonds is 3. The SMILES string of the molecule is Cc1c(Cl)cccc1NC(=O)/C=C\C(=O)[O-]. The van der Waals surface area contributed by atoms with Gasteiger partial charge in [-0.2, -0.15) is 0 Å². The van der Waals surface area contributed by atoms with E-state index in [0.717, 1.165) is 11.6 Å². The van der Waals surface area contributed by atoms with Crippen LogP contribution in [0, 0.1) is 6.92 Å². The molecule has 0 aromatic heterocycles. The topological polar surface area (TPSA) is 69.2 Å². The summed E-state index contributed by atoms with van der Waals surface area (Å²) in [7, 11) is 0. The number of aliphatic carboxylic acids is 1. The Balaban J connectivity index is 2.78. The quantitative estimate of drug-likeness (QED) is 0.796. The Hall–Kier alpha value is -1.81. The van der Waals surface area contributed by atoms with Crippen LogP contribution in [-0.2, 0) is 9.59 Å². The minimum atomic E-state index is -1.42. The van der Waals surface area contributed by atoms with Crippen molar-refractivity contribution >= 4 is 29.2 Å². The van der Waals surface area contributed by atoms with Gasteiger partial charge in [0, 0.05) is 16.8 Å². The lowest BCUT2D eigenvalue weighted by atomic mass is 10.2. The van der Waals surface area contributed by atoms with Crippen LogP contribution in [0.3, 0.4) is 0 Å². The van der Waals surface area contributed by atoms with Crippen LogP contribution in [0.4, 0.5) is 5.69 Å². The Morgan fingerprint density at radius 2 is 2.06 bits per heavy atom. The fourth-order valence-electron chi connectivity index (χ4n) is 1.06. The predicted octanol–water partition coefficient (Wildman–Crippen LogP) is 0.893. The molecule has 0 aliphatic rings. The molecule has 0 saturated heterocycles. The summed E-state index contributed by atoms with van der Waals surface area (Å²) in [5.41, 5.74) is 1.26. The van der Waals surface area contributed by atoms with Gasteiger partial charge in [0.2, 0.25) is 5.91 Å². The van der Waals surface area contributed by atoms with Gasteiger partial charge in [-0.05, 0) is 30.7 Å². The largest absolute Gasteiger partial charge is 0.545 e. The summed E-state index contributed by atoms with van der Waals surface area (Å²) in [6.07, 6.45) is 1.55. The lowest BCUT2D eigenvalue weighted by molar-refractivity contribution is -0.297. The summed E-state index contributed by atoms with van der Waals surface area (Å²) < 4.78 is 0. The lowest BCUT2D eigenvalue weighted by Crippen LogP contribution is -2.20. The molecule has 1 rings (SSSR count). The number of amides is 1. The van der Waals surface area contributed by atoms with Crippen LogP contribution in [0.5, 0.6) is 0 Å². The van der Waals surface area contributed by atoms with Crippen molar-refractivity contribution < 1.29 is 14.7 Å². The zero-order chi connectivity index (χ0) is 12.1. The Morgan fingerprint density at radius 1 is 1.38 bits per heavy atom. The van der Waals surface area contributed by atoms with Crippen molar-refractivity contribution in [3.8, 4) is 0 Å². The molecule has 0 unspecified atom stereocenters. The molecule has 1 N–H and O–H groups in total. The van der Waals surface area contributed by atoms with Crippen molar-refractivity contribution in [2.75, 3.05) is 5.32 Å². The highest BCUT2D eigenvalue weighted by Gasteiger charge is 2.03. The molecule has 0 spiro atoms. The van der Waals surface area contributed by atoms with Gasteiger partial charge in [0.25, 0.3) is 0 Å². The van der Waals surface area contributed by atoms with Crippen LogP contribution in [0.25, 0.3) is 0 Å². The number of carboxylic acid groups (broad SMARTS) is 1. The first-order valence-electron chi connectivity index (χ1n) is 4.46. The number of carboxylic acids is 1. The molecule has 0 heterocycles. The van der Waals surface area contributed by atoms with E-state index in [1.165, 1.54) is 0 Å². The van der Waals surface area contributed by atoms with Crippen molar-refractivity contribution in [3.05, 3.63) is 40.9 Å². The fourth-order valence-corrected chi connectivity index (χ4v) is 1.24. The molecule has 0 bridgehead atoms. The summed E-state index contributed by atoms with van der Waals surface area (Å²) >= 11 is 5.85. The summed E-state index contributed by atoms with van der Waals surface area (Å²) in [5.74, 6) is -1.97. The minimum Gasteiger partial charge on any atom is -0.545 e. The van der Waals surface area contributed by atoms with E-state index in [2.05, 4.69) is 5.32 Å². The van der Waals surface area contributed by atoms with Gasteiger partial charge in [0.1, 0.15) is 0 Å². The van der Waals surface area contributed by atoms with Crippen molar-refractivity contribution in [3.63, 3.8) is 0 Å². The maximum atomic E-state index is 11.2. The van der Waals surface area contributed by atoms with Crippen molar-refractivity contribution in [1.82, 2.24) is 0 Å². The number of halogens is 1. The van der Waals surface area contributed by atoms with Gasteiger partial charge in [-0.15, -0.1) is 0 Å². The number of hydrogen-bond acceptors (Lipinski definition) is 3. The molecule has 84 valence electrons. The number of nitrogens with one attached hydrogen (secondary N) is 1. The van der Waals surface area contributed by atoms with Crippen molar-refractivity contribution in [2.24, 2.45) is 0 Å². The number of carbonyl (C=O) groups is 2. The van der Waals surface area contributed by atoms with Crippen LogP contribution < -0.4 is 10.4 Å². The first-order chi connectivity index (χ1) is 7.50. The van der Waals surface area contributed by atoms with Crippen LogP contribution in [0.2, 0.25) is 5.02 Å². The zero-order valence-corrected chi connectivity index (χ0v) is 9.25. The Bertz CT molecular complexity index is 455. The lowest BCUT2D eigenvalue weighted by Gasteiger charge is -2.07. The third-order valence-electron chi connectivity index (χ3n) is 1.90. The van der Waals surface area contributed by atoms with E-state index in [1.807, 2.05) is 0 Å². The van der Waals surface area contributed by atoms with Gasteiger partial charge in [0.15, 0.2) is 0 Å². The molecule has 1 aromatic rings. The van der Waals surface area contributed by atoms with Gasteiger partial charge >= 0.3 is 0 Å². The fraction of sp³-hybridized carbons (Fsp3) is 0.0909. The summed E-state index contributed by atoms with van der Waals surface area (Å²) in [6, 6.07) is 5.06. The smallest absolute Gasteiger partial charge is 0.248 e. The van der Waals surface area contributed by atoms with Gasteiger partial charge in [0.05, 0.1) is 5.97 Å². The molecule has 1 aromatic carbocycles. The van der Waals surface area contributed by atoms with Crippen molar-refractivity contribution in [2.45, 2.75) is 6.92 Å². The normalized spacial score (nSPS) is 10.4. The molecule has 16 heavy (non-hydrogen) atoms. The van der Waals surface area contributed by atoms with Crippen molar-refractivity contribution in [1.29, 1.82) is 0 Å². The Kier molecular flexibility index (Phi) is 4.08. The molecular weight excluding hydrogens is 230 g/mol. The van der Waals surface area contributed by atoms with Crippen LogP contribution >= 0.6 is 11.6 Å². The molecule has 0 saturated carbocycles. The third kappa shape index (κ3) is 3.40. The maximum Gasteiger partial charge on any atom is 0.248 e. The second-order valence-electron chi connectivity index (χ2n) is 3.05. The zero-order valence-electron chi connectivity index (χ0n) is 8.49. The predicted molar refractivity (Wildman–Crippen MR) is 59.0 cm³/mol. The first kappa shape index (κ1) is 12.3. The van der Waals surface area contributed by atoms with Crippen LogP contribution in [0.1, 0.15) is 5.56 Å². The second-order valence-corrected chi connectivity index (χ2v) is 3.46. The molecule has 1 amide bonds. The molecule has 0 fully saturated rings. The molecule has 0 aliphatic heterocycles. The molecule has 0 aliphatic carbocycles. The van der Waals surface area contributed by atoms with Crippen LogP contribution in [-0.4, -0.2) is 11.9 Å². The number of hydrogen-bond donors (Lipinski definition) is 1. The van der Waals surface area contributed by atoms with Gasteiger partial charge in [-0.1, -0.05) is 17.7 Å². The third-order valence-corrected chi connectivity index (χ3v) is 2.31. The van der Waals surface area contributed by atoms with E-state index in [9.17, 15) is 14.7 Å². The van der Waals surface area contributed by atoms with E-state index < -0.39 is 11.9 Å². The molecule has 5 heteroatoms. The molecule has 4 nitrogen and oxygen atoms in total. The maximum absolute atomic E-state index is 11.2. The standard InChI is InChI=1S/C11H10ClNO3/c1-7-8(12)3-2-4-9(7)13-10(14)5-6-11(15)16/h2-6H,1H3,(H,13,14)(H,15,16)/p-1/b6-5-. The monoisotopic (exact) mass is 238 g/mol. The van der Waals surface area contributed by atoms with Gasteiger partial charge in [-0.3, -0.25) is 4.79 Å². The average Bonchev–Trinajstić information content (AvgIpc) is 2.22. The first-order valence-corrected chi connectivity index (χ1v) is 4.83. The molecule has 0 atom stereocenters. The number of anilines is 1. The summed E-state index contributed by atoms with van der Waals surface area (Å²) in [6.45, 7) is 1.75. The minimum absolute atomic E-state index is 0.529. The second kappa shape index (κ2) is 5.32. The van der Waals surface area contributed by atoms with E-state index >= 15 is 0 Å². The highest BCUT2D eigenvalue weighted by molar-refractivity contribution is 6.31. The van der Waals surface area contributed by atoms with E-state index in [4.69, 9.17) is 11.6 Å². The molecule has 0 radical (unpaired) electrons. The highest BCUT2D eigenvalue weighted by Crippen LogP contribution is 2.22. The Labute approximate surface area is 97.5 Å². The molecular formula is C11H9ClNO3-. The summed E-state index contributed by atoms with van der Waals surface area (Å²) in [5, 5.41) is 13.1. The van der Waals surface area contributed by atoms with Crippen LogP contribution in [0.15, 0.2) is 30.4 Å². The number of carbonyl (C=O) groups excluding carboxylic acids is 2. The van der Waals surface area contributed by atoms with Gasteiger partial charge in [-0.25, -0.2) is 0 Å². The van der Waals surface area contributed by atoms with E-state index in [-0.39, 0.29) is 0 Å². The number of benzene rings is 1.